The van der Waals surface area contributed by atoms with Gasteiger partial charge in [-0.05, 0) is 42.0 Å². The molecule has 0 aliphatic heterocycles. The number of rotatable bonds is 4. The molecule has 0 aliphatic carbocycles. The van der Waals surface area contributed by atoms with Crippen molar-refractivity contribution in [2.75, 3.05) is 0 Å². The van der Waals surface area contributed by atoms with Crippen molar-refractivity contribution in [2.45, 2.75) is 0 Å². The van der Waals surface area contributed by atoms with Gasteiger partial charge in [-0.25, -0.2) is 15.0 Å². The van der Waals surface area contributed by atoms with Crippen LogP contribution in [0.15, 0.2) is 160 Å². The van der Waals surface area contributed by atoms with Crippen molar-refractivity contribution in [3.8, 4) is 45.3 Å². The van der Waals surface area contributed by atoms with Gasteiger partial charge in [0.15, 0.2) is 17.5 Å². The van der Waals surface area contributed by atoms with Crippen LogP contribution in [0.5, 0.6) is 0 Å². The number of thiophene rings is 1. The molecule has 0 unspecified atom stereocenters. The van der Waals surface area contributed by atoms with Gasteiger partial charge in [0.2, 0.25) is 0 Å². The van der Waals surface area contributed by atoms with Crippen LogP contribution in [0.1, 0.15) is 0 Å². The van der Waals surface area contributed by atoms with E-state index in [1.54, 1.807) is 11.3 Å². The number of aromatic nitrogens is 3. The summed E-state index contributed by atoms with van der Waals surface area (Å²) in [4.78, 5) is 15.5. The average Bonchev–Trinajstić information content (AvgIpc) is 3.88. The smallest absolute Gasteiger partial charge is 0.164 e. The van der Waals surface area contributed by atoms with Crippen LogP contribution in [0, 0.1) is 0 Å². The molecule has 0 spiro atoms. The molecule has 0 amide bonds. The molecule has 0 N–H and O–H groups in total. The number of nitrogens with zero attached hydrogens (tertiary/aromatic N) is 3. The molecule has 6 heteroatoms. The lowest BCUT2D eigenvalue weighted by Gasteiger charge is -2.11. The molecule has 0 fully saturated rings. The summed E-state index contributed by atoms with van der Waals surface area (Å²) in [6.07, 6.45) is 0. The summed E-state index contributed by atoms with van der Waals surface area (Å²) < 4.78 is 15.5. The highest BCUT2D eigenvalue weighted by atomic mass is 32.1. The van der Waals surface area contributed by atoms with Gasteiger partial charge in [0.05, 0.1) is 0 Å². The van der Waals surface area contributed by atoms with Crippen LogP contribution in [-0.2, 0) is 0 Å². The Kier molecular flexibility index (Phi) is 6.05. The van der Waals surface area contributed by atoms with Gasteiger partial charge >= 0.3 is 0 Å². The molecule has 238 valence electrons. The lowest BCUT2D eigenvalue weighted by molar-refractivity contribution is 0.668. The molecule has 4 aromatic heterocycles. The van der Waals surface area contributed by atoms with Crippen molar-refractivity contribution in [3.05, 3.63) is 152 Å². The Balaban J connectivity index is 1.19. The van der Waals surface area contributed by atoms with Crippen LogP contribution in [0.4, 0.5) is 0 Å². The fraction of sp³-hybridized carbons (Fsp3) is 0. The molecule has 11 aromatic rings. The molecular formula is C45H25N3O2S. The second-order valence-electron chi connectivity index (χ2n) is 12.8. The largest absolute Gasteiger partial charge is 0.456 e. The van der Waals surface area contributed by atoms with Crippen molar-refractivity contribution in [2.24, 2.45) is 0 Å². The molecule has 7 aromatic carbocycles. The van der Waals surface area contributed by atoms with E-state index in [4.69, 9.17) is 23.8 Å². The monoisotopic (exact) mass is 671 g/mol. The number of fused-ring (bicyclic) bond motifs is 9. The van der Waals surface area contributed by atoms with E-state index >= 15 is 0 Å². The highest BCUT2D eigenvalue weighted by Crippen LogP contribution is 2.43. The molecule has 0 saturated carbocycles. The quantitative estimate of drug-likeness (QED) is 0.186. The summed E-state index contributed by atoms with van der Waals surface area (Å²) in [7, 11) is 0. The normalized spacial score (nSPS) is 11.9. The second-order valence-corrected chi connectivity index (χ2v) is 13.8. The molecule has 0 aliphatic rings. The third-order valence-electron chi connectivity index (χ3n) is 9.74. The minimum Gasteiger partial charge on any atom is -0.456 e. The van der Waals surface area contributed by atoms with E-state index in [9.17, 15) is 0 Å². The Bertz CT molecular complexity index is 3160. The fourth-order valence-electron chi connectivity index (χ4n) is 7.37. The maximum Gasteiger partial charge on any atom is 0.164 e. The van der Waals surface area contributed by atoms with Crippen molar-refractivity contribution in [1.29, 1.82) is 0 Å². The molecule has 51 heavy (non-hydrogen) atoms. The molecule has 0 radical (unpaired) electrons. The number of benzene rings is 7. The van der Waals surface area contributed by atoms with Crippen LogP contribution in [-0.4, -0.2) is 15.0 Å². The molecule has 0 saturated heterocycles. The number of hydrogen-bond acceptors (Lipinski definition) is 6. The second kappa shape index (κ2) is 10.9. The summed E-state index contributed by atoms with van der Waals surface area (Å²) in [5, 5.41) is 6.62. The van der Waals surface area contributed by atoms with Gasteiger partial charge in [-0.3, -0.25) is 0 Å². The Hall–Kier alpha value is -6.63. The lowest BCUT2D eigenvalue weighted by atomic mass is 9.97. The number of para-hydroxylation sites is 3. The lowest BCUT2D eigenvalue weighted by Crippen LogP contribution is -2.00. The van der Waals surface area contributed by atoms with E-state index in [1.807, 2.05) is 66.7 Å². The number of furan rings is 2. The molecule has 0 bridgehead atoms. The summed E-state index contributed by atoms with van der Waals surface area (Å²) >= 11 is 1.79. The van der Waals surface area contributed by atoms with E-state index < -0.39 is 0 Å². The van der Waals surface area contributed by atoms with Crippen molar-refractivity contribution < 1.29 is 8.83 Å². The van der Waals surface area contributed by atoms with E-state index in [1.165, 1.54) is 20.2 Å². The summed E-state index contributed by atoms with van der Waals surface area (Å²) in [5.41, 5.74) is 7.90. The SMILES string of the molecule is c1ccc(-c2nc(-c3ccc4c(c3)sc3ccccc34)nc(-c3cc(-c4cccc5c4oc4ccccc45)cc4oc5ccccc5c34)n2)cc1. The van der Waals surface area contributed by atoms with Gasteiger partial charge in [0.25, 0.3) is 0 Å². The fourth-order valence-corrected chi connectivity index (χ4v) is 8.51. The van der Waals surface area contributed by atoms with Gasteiger partial charge in [-0.1, -0.05) is 115 Å². The van der Waals surface area contributed by atoms with Gasteiger partial charge in [0, 0.05) is 64.0 Å². The maximum absolute atomic E-state index is 6.55. The molecular weight excluding hydrogens is 647 g/mol. The van der Waals surface area contributed by atoms with E-state index in [0.29, 0.717) is 17.5 Å². The summed E-state index contributed by atoms with van der Waals surface area (Å²) in [6, 6.07) is 52.1. The first-order valence-electron chi connectivity index (χ1n) is 16.8. The van der Waals surface area contributed by atoms with Gasteiger partial charge < -0.3 is 8.83 Å². The highest BCUT2D eigenvalue weighted by molar-refractivity contribution is 7.25. The predicted molar refractivity (Wildman–Crippen MR) is 209 cm³/mol. The molecule has 5 nitrogen and oxygen atoms in total. The zero-order valence-electron chi connectivity index (χ0n) is 27.0. The molecule has 0 atom stereocenters. The Labute approximate surface area is 295 Å². The van der Waals surface area contributed by atoms with Crippen molar-refractivity contribution in [3.63, 3.8) is 0 Å². The minimum atomic E-state index is 0.575. The van der Waals surface area contributed by atoms with Gasteiger partial charge in [0.1, 0.15) is 22.3 Å². The predicted octanol–water partition coefficient (Wildman–Crippen LogP) is 12.7. The van der Waals surface area contributed by atoms with Crippen LogP contribution >= 0.6 is 11.3 Å². The first-order chi connectivity index (χ1) is 25.2. The Morgan fingerprint density at radius 3 is 1.90 bits per heavy atom. The Morgan fingerprint density at radius 1 is 0.373 bits per heavy atom. The van der Waals surface area contributed by atoms with Crippen molar-refractivity contribution >= 4 is 75.4 Å². The summed E-state index contributed by atoms with van der Waals surface area (Å²) in [6.45, 7) is 0. The topological polar surface area (TPSA) is 65.0 Å². The zero-order chi connectivity index (χ0) is 33.5. The maximum atomic E-state index is 6.55. The van der Waals surface area contributed by atoms with Crippen LogP contribution in [0.3, 0.4) is 0 Å². The van der Waals surface area contributed by atoms with Crippen LogP contribution in [0.2, 0.25) is 0 Å². The van der Waals surface area contributed by atoms with Crippen molar-refractivity contribution in [1.82, 2.24) is 15.0 Å². The average molecular weight is 672 g/mol. The summed E-state index contributed by atoms with van der Waals surface area (Å²) in [5.74, 6) is 1.80. The van der Waals surface area contributed by atoms with Crippen LogP contribution < -0.4 is 0 Å². The number of hydrogen-bond donors (Lipinski definition) is 0. The zero-order valence-corrected chi connectivity index (χ0v) is 27.8. The van der Waals surface area contributed by atoms with Crippen LogP contribution in [0.25, 0.3) is 109 Å². The minimum absolute atomic E-state index is 0.575. The highest BCUT2D eigenvalue weighted by Gasteiger charge is 2.21. The van der Waals surface area contributed by atoms with E-state index in [2.05, 4.69) is 84.9 Å². The Morgan fingerprint density at radius 2 is 1.04 bits per heavy atom. The van der Waals surface area contributed by atoms with Gasteiger partial charge in [-0.15, -0.1) is 11.3 Å². The van der Waals surface area contributed by atoms with E-state index in [0.717, 1.165) is 71.7 Å². The third-order valence-corrected chi connectivity index (χ3v) is 10.9. The van der Waals surface area contributed by atoms with Gasteiger partial charge in [-0.2, -0.15) is 0 Å². The van der Waals surface area contributed by atoms with E-state index in [-0.39, 0.29) is 0 Å². The standard InChI is InChI=1S/C45H25N3O2S/c1-2-11-26(12-3-1)43-46-44(27-21-22-32-31-14-6-9-20-39(31)51-40(32)25-27)48-45(47-43)35-23-28(24-38-41(35)34-15-5-8-19-37(34)49-38)29-16-10-17-33-30-13-4-7-18-36(30)50-42(29)33/h1-25H. The molecule has 11 rings (SSSR count). The first-order valence-corrected chi connectivity index (χ1v) is 17.7. The third kappa shape index (κ3) is 4.43. The first kappa shape index (κ1) is 28.2. The molecule has 4 heterocycles.